The highest BCUT2D eigenvalue weighted by Crippen LogP contribution is 2.03. The Bertz CT molecular complexity index is 412. The van der Waals surface area contributed by atoms with Crippen LogP contribution in [-0.2, 0) is 9.84 Å². The van der Waals surface area contributed by atoms with E-state index in [4.69, 9.17) is 0 Å². The van der Waals surface area contributed by atoms with E-state index in [0.717, 1.165) is 19.0 Å². The molecule has 0 bridgehead atoms. The van der Waals surface area contributed by atoms with Gasteiger partial charge in [-0.05, 0) is 27.7 Å². The molecular weight excluding hydrogens is 276 g/mol. The lowest BCUT2D eigenvalue weighted by Gasteiger charge is -2.26. The van der Waals surface area contributed by atoms with E-state index in [1.54, 1.807) is 0 Å². The van der Waals surface area contributed by atoms with Crippen LogP contribution in [-0.4, -0.2) is 69.0 Å². The second-order valence-corrected chi connectivity index (χ2v) is 8.43. The molecular formula is C13H28N4O2S. The number of aliphatic imine (C=N–C) groups is 1. The Morgan fingerprint density at radius 3 is 2.35 bits per heavy atom. The lowest BCUT2D eigenvalue weighted by atomic mass is 10.1. The molecule has 0 atom stereocenters. The van der Waals surface area contributed by atoms with Crippen molar-refractivity contribution in [1.82, 2.24) is 15.5 Å². The standard InChI is InChI=1S/C13H28N4O2S/c1-5-14-12(16-13(2,3)4)15-6-7-17-8-10-20(18,19)11-9-17/h5-11H2,1-4H3,(H2,14,15,16). The minimum Gasteiger partial charge on any atom is -0.357 e. The topological polar surface area (TPSA) is 73.8 Å². The molecule has 0 unspecified atom stereocenters. The minimum absolute atomic E-state index is 0.0276. The van der Waals surface area contributed by atoms with E-state index in [1.165, 1.54) is 0 Å². The third-order valence-corrected chi connectivity index (χ3v) is 4.57. The van der Waals surface area contributed by atoms with Crippen LogP contribution < -0.4 is 10.6 Å². The SMILES string of the molecule is CCNC(=NCCN1CCS(=O)(=O)CC1)NC(C)(C)C. The lowest BCUT2D eigenvalue weighted by molar-refractivity contribution is 0.304. The quantitative estimate of drug-likeness (QED) is 0.568. The van der Waals surface area contributed by atoms with Gasteiger partial charge in [-0.25, -0.2) is 8.42 Å². The molecule has 2 N–H and O–H groups in total. The summed E-state index contributed by atoms with van der Waals surface area (Å²) in [4.78, 5) is 6.69. The van der Waals surface area contributed by atoms with Gasteiger partial charge >= 0.3 is 0 Å². The summed E-state index contributed by atoms with van der Waals surface area (Å²) in [7, 11) is -2.79. The zero-order valence-electron chi connectivity index (χ0n) is 13.1. The smallest absolute Gasteiger partial charge is 0.191 e. The molecule has 1 rings (SSSR count). The Hall–Kier alpha value is -0.820. The van der Waals surface area contributed by atoms with Crippen molar-refractivity contribution in [2.45, 2.75) is 33.2 Å². The number of rotatable bonds is 4. The third-order valence-electron chi connectivity index (χ3n) is 2.96. The summed E-state index contributed by atoms with van der Waals surface area (Å²) in [6, 6.07) is 0. The third kappa shape index (κ3) is 7.09. The molecule has 6 nitrogen and oxygen atoms in total. The highest BCUT2D eigenvalue weighted by Gasteiger charge is 2.20. The molecule has 0 spiro atoms. The largest absolute Gasteiger partial charge is 0.357 e. The Balaban J connectivity index is 2.40. The van der Waals surface area contributed by atoms with Gasteiger partial charge in [0.1, 0.15) is 0 Å². The van der Waals surface area contributed by atoms with Gasteiger partial charge in [0.05, 0.1) is 18.1 Å². The number of sulfone groups is 1. The van der Waals surface area contributed by atoms with Crippen LogP contribution in [0.2, 0.25) is 0 Å². The first-order valence-corrected chi connectivity index (χ1v) is 9.03. The van der Waals surface area contributed by atoms with Crippen LogP contribution in [0.25, 0.3) is 0 Å². The van der Waals surface area contributed by atoms with E-state index in [1.807, 2.05) is 6.92 Å². The molecule has 0 saturated carbocycles. The summed E-state index contributed by atoms with van der Waals surface area (Å²) >= 11 is 0. The van der Waals surface area contributed by atoms with Gasteiger partial charge in [-0.3, -0.25) is 9.89 Å². The van der Waals surface area contributed by atoms with Crippen molar-refractivity contribution in [2.24, 2.45) is 4.99 Å². The Morgan fingerprint density at radius 1 is 1.25 bits per heavy atom. The molecule has 1 aliphatic rings. The van der Waals surface area contributed by atoms with E-state index in [2.05, 4.69) is 41.3 Å². The minimum atomic E-state index is -2.79. The van der Waals surface area contributed by atoms with Gasteiger partial charge in [-0.2, -0.15) is 0 Å². The average Bonchev–Trinajstić information content (AvgIpc) is 2.29. The van der Waals surface area contributed by atoms with Gasteiger partial charge in [-0.15, -0.1) is 0 Å². The normalized spacial score (nSPS) is 20.7. The van der Waals surface area contributed by atoms with Crippen molar-refractivity contribution in [3.8, 4) is 0 Å². The number of nitrogens with zero attached hydrogens (tertiary/aromatic N) is 2. The van der Waals surface area contributed by atoms with E-state index < -0.39 is 9.84 Å². The monoisotopic (exact) mass is 304 g/mol. The highest BCUT2D eigenvalue weighted by atomic mass is 32.2. The summed E-state index contributed by atoms with van der Waals surface area (Å²) < 4.78 is 22.7. The van der Waals surface area contributed by atoms with Gasteiger partial charge in [0, 0.05) is 31.7 Å². The Labute approximate surface area is 122 Å². The molecule has 0 aromatic heterocycles. The van der Waals surface area contributed by atoms with Crippen molar-refractivity contribution in [1.29, 1.82) is 0 Å². The number of nitrogens with one attached hydrogen (secondary N) is 2. The number of guanidine groups is 1. The number of hydrogen-bond donors (Lipinski definition) is 2. The van der Waals surface area contributed by atoms with Crippen LogP contribution >= 0.6 is 0 Å². The van der Waals surface area contributed by atoms with Crippen LogP contribution in [0.1, 0.15) is 27.7 Å². The van der Waals surface area contributed by atoms with E-state index in [9.17, 15) is 8.42 Å². The van der Waals surface area contributed by atoms with Crippen LogP contribution in [0, 0.1) is 0 Å². The maximum absolute atomic E-state index is 11.3. The highest BCUT2D eigenvalue weighted by molar-refractivity contribution is 7.91. The first-order valence-electron chi connectivity index (χ1n) is 7.21. The molecule has 0 aromatic carbocycles. The summed E-state index contributed by atoms with van der Waals surface area (Å²) in [5, 5.41) is 6.55. The van der Waals surface area contributed by atoms with E-state index in [-0.39, 0.29) is 17.0 Å². The molecule has 1 aliphatic heterocycles. The van der Waals surface area contributed by atoms with Gasteiger partial charge in [0.2, 0.25) is 0 Å². The Kier molecular flexibility index (Phi) is 6.26. The Morgan fingerprint density at radius 2 is 1.85 bits per heavy atom. The molecule has 1 heterocycles. The predicted molar refractivity (Wildman–Crippen MR) is 84.0 cm³/mol. The summed E-state index contributed by atoms with van der Waals surface area (Å²) in [6.45, 7) is 11.9. The van der Waals surface area contributed by atoms with Gasteiger partial charge in [0.25, 0.3) is 0 Å². The second-order valence-electron chi connectivity index (χ2n) is 6.13. The van der Waals surface area contributed by atoms with Crippen molar-refractivity contribution in [3.63, 3.8) is 0 Å². The molecule has 1 saturated heterocycles. The zero-order valence-corrected chi connectivity index (χ0v) is 13.9. The van der Waals surface area contributed by atoms with Gasteiger partial charge in [0.15, 0.2) is 15.8 Å². The fraction of sp³-hybridized carbons (Fsp3) is 0.923. The zero-order chi connectivity index (χ0) is 15.2. The van der Waals surface area contributed by atoms with Crippen LogP contribution in [0.4, 0.5) is 0 Å². The fourth-order valence-corrected chi connectivity index (χ4v) is 3.22. The molecule has 7 heteroatoms. The molecule has 0 radical (unpaired) electrons. The maximum Gasteiger partial charge on any atom is 0.191 e. The van der Waals surface area contributed by atoms with Crippen molar-refractivity contribution in [2.75, 3.05) is 44.2 Å². The predicted octanol–water partition coefficient (Wildman–Crippen LogP) is 0.0704. The van der Waals surface area contributed by atoms with E-state index >= 15 is 0 Å². The summed E-state index contributed by atoms with van der Waals surface area (Å²) in [6.07, 6.45) is 0. The van der Waals surface area contributed by atoms with Crippen LogP contribution in [0.5, 0.6) is 0 Å². The van der Waals surface area contributed by atoms with E-state index in [0.29, 0.717) is 19.6 Å². The first-order chi connectivity index (χ1) is 9.22. The van der Waals surface area contributed by atoms with Gasteiger partial charge < -0.3 is 10.6 Å². The van der Waals surface area contributed by atoms with Gasteiger partial charge in [-0.1, -0.05) is 0 Å². The van der Waals surface area contributed by atoms with Crippen molar-refractivity contribution >= 4 is 15.8 Å². The maximum atomic E-state index is 11.3. The first kappa shape index (κ1) is 17.2. The second kappa shape index (κ2) is 7.26. The summed E-state index contributed by atoms with van der Waals surface area (Å²) in [5.74, 6) is 1.36. The molecule has 0 aliphatic carbocycles. The van der Waals surface area contributed by atoms with Crippen LogP contribution in [0.3, 0.4) is 0 Å². The average molecular weight is 304 g/mol. The lowest BCUT2D eigenvalue weighted by Crippen LogP contribution is -2.48. The van der Waals surface area contributed by atoms with Crippen LogP contribution in [0.15, 0.2) is 4.99 Å². The number of hydrogen-bond acceptors (Lipinski definition) is 4. The van der Waals surface area contributed by atoms with Crippen molar-refractivity contribution in [3.05, 3.63) is 0 Å². The molecule has 20 heavy (non-hydrogen) atoms. The molecule has 1 fully saturated rings. The molecule has 0 amide bonds. The fourth-order valence-electron chi connectivity index (χ4n) is 1.94. The molecule has 118 valence electrons. The van der Waals surface area contributed by atoms with Crippen molar-refractivity contribution < 1.29 is 8.42 Å². The summed E-state index contributed by atoms with van der Waals surface area (Å²) in [5.41, 5.74) is -0.0276. The molecule has 0 aromatic rings.